The van der Waals surface area contributed by atoms with Gasteiger partial charge in [-0.2, -0.15) is 0 Å². The van der Waals surface area contributed by atoms with Gasteiger partial charge in [0.05, 0.1) is 11.8 Å². The number of aromatic nitrogens is 1. The second-order valence-electron chi connectivity index (χ2n) is 5.39. The van der Waals surface area contributed by atoms with E-state index in [0.717, 1.165) is 18.8 Å². The molecule has 0 bridgehead atoms. The molecule has 2 rings (SSSR count). The number of aromatic hydroxyl groups is 1. The minimum Gasteiger partial charge on any atom is -0.505 e. The first-order valence-corrected chi connectivity index (χ1v) is 7.03. The van der Waals surface area contributed by atoms with Crippen LogP contribution in [-0.4, -0.2) is 34.0 Å². The Morgan fingerprint density at radius 2 is 2.11 bits per heavy atom. The molecule has 0 spiro atoms. The van der Waals surface area contributed by atoms with Crippen molar-refractivity contribution in [3.8, 4) is 5.75 Å². The Hall–Kier alpha value is -1.58. The summed E-state index contributed by atoms with van der Waals surface area (Å²) >= 11 is 0. The van der Waals surface area contributed by atoms with Crippen LogP contribution in [0.4, 0.5) is 0 Å². The topological polar surface area (TPSA) is 53.4 Å². The smallest absolute Gasteiger partial charge is 0.257 e. The molecule has 1 amide bonds. The van der Waals surface area contributed by atoms with Crippen LogP contribution in [-0.2, 0) is 0 Å². The van der Waals surface area contributed by atoms with Crippen LogP contribution in [0.3, 0.4) is 0 Å². The average molecular weight is 262 g/mol. The molecule has 1 heterocycles. The molecule has 0 aliphatic heterocycles. The van der Waals surface area contributed by atoms with E-state index in [1.54, 1.807) is 11.0 Å². The number of carbonyl (C=O) groups is 1. The largest absolute Gasteiger partial charge is 0.505 e. The van der Waals surface area contributed by atoms with Gasteiger partial charge in [0.15, 0.2) is 0 Å². The van der Waals surface area contributed by atoms with Gasteiger partial charge in [-0.25, -0.2) is 0 Å². The lowest BCUT2D eigenvalue weighted by Crippen LogP contribution is -2.39. The van der Waals surface area contributed by atoms with Crippen LogP contribution >= 0.6 is 0 Å². The number of amides is 1. The van der Waals surface area contributed by atoms with E-state index in [1.807, 2.05) is 7.05 Å². The Balaban J connectivity index is 2.02. The second kappa shape index (κ2) is 6.04. The lowest BCUT2D eigenvalue weighted by Gasteiger charge is -2.34. The van der Waals surface area contributed by atoms with Crippen LogP contribution in [0.15, 0.2) is 18.5 Å². The summed E-state index contributed by atoms with van der Waals surface area (Å²) in [5, 5.41) is 9.70. The molecule has 4 nitrogen and oxygen atoms in total. The van der Waals surface area contributed by atoms with Gasteiger partial charge >= 0.3 is 0 Å². The molecular weight excluding hydrogens is 240 g/mol. The molecule has 1 aromatic heterocycles. The summed E-state index contributed by atoms with van der Waals surface area (Å²) in [7, 11) is 1.83. The lowest BCUT2D eigenvalue weighted by atomic mass is 9.84. The third-order valence-corrected chi connectivity index (χ3v) is 4.29. The zero-order chi connectivity index (χ0) is 13.8. The van der Waals surface area contributed by atoms with Gasteiger partial charge < -0.3 is 10.0 Å². The van der Waals surface area contributed by atoms with Crippen molar-refractivity contribution in [2.75, 3.05) is 7.05 Å². The first kappa shape index (κ1) is 13.8. The maximum atomic E-state index is 12.4. The van der Waals surface area contributed by atoms with Gasteiger partial charge in [0.1, 0.15) is 5.75 Å². The number of rotatable bonds is 3. The maximum Gasteiger partial charge on any atom is 0.257 e. The molecule has 1 aromatic rings. The number of hydrogen-bond acceptors (Lipinski definition) is 3. The first-order valence-electron chi connectivity index (χ1n) is 7.03. The van der Waals surface area contributed by atoms with Crippen LogP contribution in [0.5, 0.6) is 5.75 Å². The molecule has 0 radical (unpaired) electrons. The third-order valence-electron chi connectivity index (χ3n) is 4.29. The molecule has 0 atom stereocenters. The van der Waals surface area contributed by atoms with Gasteiger partial charge in [-0.15, -0.1) is 0 Å². The quantitative estimate of drug-likeness (QED) is 0.911. The molecule has 0 unspecified atom stereocenters. The van der Waals surface area contributed by atoms with E-state index in [-0.39, 0.29) is 11.7 Å². The van der Waals surface area contributed by atoms with Crippen LogP contribution in [0.25, 0.3) is 0 Å². The van der Waals surface area contributed by atoms with Gasteiger partial charge in [0.2, 0.25) is 0 Å². The minimum absolute atomic E-state index is 0.0402. The van der Waals surface area contributed by atoms with Gasteiger partial charge in [0, 0.05) is 19.3 Å². The molecule has 1 N–H and O–H groups in total. The SMILES string of the molecule is CCC1CCC(N(C)C(=O)c2ccncc2O)CC1. The minimum atomic E-state index is -0.111. The summed E-state index contributed by atoms with van der Waals surface area (Å²) in [6, 6.07) is 1.87. The average Bonchev–Trinajstić information content (AvgIpc) is 2.46. The van der Waals surface area contributed by atoms with E-state index in [2.05, 4.69) is 11.9 Å². The number of carbonyl (C=O) groups excluding carboxylic acids is 1. The number of nitrogens with zero attached hydrogens (tertiary/aromatic N) is 2. The molecule has 19 heavy (non-hydrogen) atoms. The standard InChI is InChI=1S/C15H22N2O2/c1-3-11-4-6-12(7-5-11)17(2)15(19)13-8-9-16-10-14(13)18/h8-12,18H,3-7H2,1-2H3. The van der Waals surface area contributed by atoms with Gasteiger partial charge in [0.25, 0.3) is 5.91 Å². The van der Waals surface area contributed by atoms with Crippen LogP contribution in [0, 0.1) is 5.92 Å². The van der Waals surface area contributed by atoms with Crippen molar-refractivity contribution in [2.24, 2.45) is 5.92 Å². The van der Waals surface area contributed by atoms with Crippen molar-refractivity contribution in [3.05, 3.63) is 24.0 Å². The number of pyridine rings is 1. The highest BCUT2D eigenvalue weighted by Crippen LogP contribution is 2.30. The summed E-state index contributed by atoms with van der Waals surface area (Å²) in [4.78, 5) is 17.9. The Labute approximate surface area is 114 Å². The van der Waals surface area contributed by atoms with Crippen molar-refractivity contribution >= 4 is 5.91 Å². The highest BCUT2D eigenvalue weighted by atomic mass is 16.3. The molecule has 104 valence electrons. The molecule has 1 saturated carbocycles. The van der Waals surface area contributed by atoms with Crippen LogP contribution in [0.1, 0.15) is 49.4 Å². The predicted octanol–water partition coefficient (Wildman–Crippen LogP) is 2.83. The molecule has 0 aromatic carbocycles. The normalized spacial score (nSPS) is 23.1. The van der Waals surface area contributed by atoms with Crippen molar-refractivity contribution in [1.82, 2.24) is 9.88 Å². The summed E-state index contributed by atoms with van der Waals surface area (Å²) in [6.07, 6.45) is 8.60. The Morgan fingerprint density at radius 3 is 2.68 bits per heavy atom. The van der Waals surface area contributed by atoms with Crippen LogP contribution < -0.4 is 0 Å². The Kier molecular flexibility index (Phi) is 4.40. The number of hydrogen-bond donors (Lipinski definition) is 1. The van der Waals surface area contributed by atoms with Crippen molar-refractivity contribution in [1.29, 1.82) is 0 Å². The monoisotopic (exact) mass is 262 g/mol. The van der Waals surface area contributed by atoms with Gasteiger partial charge in [-0.05, 0) is 37.7 Å². The fraction of sp³-hybridized carbons (Fsp3) is 0.600. The molecule has 1 aliphatic rings. The summed E-state index contributed by atoms with van der Waals surface area (Å²) < 4.78 is 0. The molecule has 0 saturated heterocycles. The fourth-order valence-electron chi connectivity index (χ4n) is 2.86. The van der Waals surface area contributed by atoms with Crippen LogP contribution in [0.2, 0.25) is 0 Å². The second-order valence-corrected chi connectivity index (χ2v) is 5.39. The maximum absolute atomic E-state index is 12.4. The molecular formula is C15H22N2O2. The summed E-state index contributed by atoms with van der Waals surface area (Å²) in [6.45, 7) is 2.23. The van der Waals surface area contributed by atoms with E-state index in [1.165, 1.54) is 31.7 Å². The van der Waals surface area contributed by atoms with Gasteiger partial charge in [-0.1, -0.05) is 13.3 Å². The zero-order valence-corrected chi connectivity index (χ0v) is 11.7. The van der Waals surface area contributed by atoms with Crippen molar-refractivity contribution in [2.45, 2.75) is 45.1 Å². The Bertz CT molecular complexity index is 440. The van der Waals surface area contributed by atoms with Crippen molar-refractivity contribution < 1.29 is 9.90 Å². The molecule has 1 fully saturated rings. The highest BCUT2D eigenvalue weighted by molar-refractivity contribution is 5.96. The van der Waals surface area contributed by atoms with Gasteiger partial charge in [-0.3, -0.25) is 9.78 Å². The third kappa shape index (κ3) is 3.06. The van der Waals surface area contributed by atoms with E-state index in [0.29, 0.717) is 11.6 Å². The zero-order valence-electron chi connectivity index (χ0n) is 11.7. The molecule has 4 heteroatoms. The Morgan fingerprint density at radius 1 is 1.42 bits per heavy atom. The predicted molar refractivity (Wildman–Crippen MR) is 74.0 cm³/mol. The van der Waals surface area contributed by atoms with E-state index in [4.69, 9.17) is 0 Å². The fourth-order valence-corrected chi connectivity index (χ4v) is 2.86. The highest BCUT2D eigenvalue weighted by Gasteiger charge is 2.27. The van der Waals surface area contributed by atoms with Crippen molar-refractivity contribution in [3.63, 3.8) is 0 Å². The van der Waals surface area contributed by atoms with E-state index in [9.17, 15) is 9.90 Å². The van der Waals surface area contributed by atoms with E-state index < -0.39 is 0 Å². The van der Waals surface area contributed by atoms with E-state index >= 15 is 0 Å². The summed E-state index contributed by atoms with van der Waals surface area (Å²) in [5.41, 5.74) is 0.343. The summed E-state index contributed by atoms with van der Waals surface area (Å²) in [5.74, 6) is 0.663. The first-order chi connectivity index (χ1) is 9.13. The lowest BCUT2D eigenvalue weighted by molar-refractivity contribution is 0.0671. The molecule has 1 aliphatic carbocycles.